The molecule has 1 aliphatic rings. The minimum absolute atomic E-state index is 0.159. The molecule has 0 N–H and O–H groups in total. The van der Waals surface area contributed by atoms with Gasteiger partial charge in [-0.2, -0.15) is 0 Å². The lowest BCUT2D eigenvalue weighted by Crippen LogP contribution is -2.12. The van der Waals surface area contributed by atoms with E-state index in [1.807, 2.05) is 31.2 Å². The van der Waals surface area contributed by atoms with Crippen LogP contribution in [0, 0.1) is 6.92 Å². The number of aliphatic imine (C=N–C) groups is 1. The second-order valence-electron chi connectivity index (χ2n) is 5.58. The van der Waals surface area contributed by atoms with Gasteiger partial charge >= 0.3 is 11.9 Å². The number of hydrogen-bond donors (Lipinski definition) is 0. The van der Waals surface area contributed by atoms with Gasteiger partial charge in [-0.15, -0.1) is 0 Å². The number of methoxy groups -OCH3 is 1. The number of nitrogens with zero attached hydrogens (tertiary/aromatic N) is 1. The van der Waals surface area contributed by atoms with Crippen molar-refractivity contribution in [1.29, 1.82) is 0 Å². The topological polar surface area (TPSA) is 74.2 Å². The van der Waals surface area contributed by atoms with Crippen LogP contribution in [0.3, 0.4) is 0 Å². The molecule has 0 bridgehead atoms. The van der Waals surface area contributed by atoms with Gasteiger partial charge in [-0.05, 0) is 42.3 Å². The molecule has 1 aliphatic heterocycles. The summed E-state index contributed by atoms with van der Waals surface area (Å²) in [6.07, 6.45) is 1.64. The maximum Gasteiger partial charge on any atom is 0.363 e. The summed E-state index contributed by atoms with van der Waals surface area (Å²) in [5.41, 5.74) is 2.76. The second kappa shape index (κ2) is 7.65. The van der Waals surface area contributed by atoms with Crippen molar-refractivity contribution in [1.82, 2.24) is 0 Å². The molecule has 2 aromatic carbocycles. The van der Waals surface area contributed by atoms with E-state index in [0.717, 1.165) is 16.7 Å². The van der Waals surface area contributed by atoms with Gasteiger partial charge in [0.05, 0.1) is 7.11 Å². The number of ether oxygens (including phenoxy) is 3. The van der Waals surface area contributed by atoms with E-state index in [2.05, 4.69) is 9.73 Å². The Morgan fingerprint density at radius 1 is 1.15 bits per heavy atom. The Bertz CT molecular complexity index is 897. The van der Waals surface area contributed by atoms with Crippen molar-refractivity contribution >= 4 is 23.9 Å². The fourth-order valence-electron chi connectivity index (χ4n) is 2.36. The van der Waals surface area contributed by atoms with Gasteiger partial charge in [-0.25, -0.2) is 14.6 Å². The molecule has 132 valence electrons. The van der Waals surface area contributed by atoms with E-state index >= 15 is 0 Å². The maximum absolute atomic E-state index is 12.1. The lowest BCUT2D eigenvalue weighted by Gasteiger charge is -2.04. The molecule has 0 saturated heterocycles. The van der Waals surface area contributed by atoms with Crippen LogP contribution in [0.5, 0.6) is 5.75 Å². The molecule has 3 rings (SSSR count). The Balaban J connectivity index is 1.76. The summed E-state index contributed by atoms with van der Waals surface area (Å²) in [7, 11) is 1.30. The van der Waals surface area contributed by atoms with Gasteiger partial charge in [-0.3, -0.25) is 0 Å². The van der Waals surface area contributed by atoms with E-state index < -0.39 is 11.9 Å². The summed E-state index contributed by atoms with van der Waals surface area (Å²) in [4.78, 5) is 27.4. The molecular weight excluding hydrogens is 334 g/mol. The van der Waals surface area contributed by atoms with Crippen LogP contribution in [0.2, 0.25) is 0 Å². The van der Waals surface area contributed by atoms with Gasteiger partial charge in [0.25, 0.3) is 0 Å². The van der Waals surface area contributed by atoms with Crippen LogP contribution in [-0.2, 0) is 19.1 Å². The number of aryl methyl sites for hydroxylation is 1. The van der Waals surface area contributed by atoms with Crippen molar-refractivity contribution in [2.24, 2.45) is 4.99 Å². The summed E-state index contributed by atoms with van der Waals surface area (Å²) in [5.74, 6) is -0.120. The number of carbonyl (C=O) groups excluding carboxylic acids is 2. The maximum atomic E-state index is 12.1. The van der Waals surface area contributed by atoms with E-state index in [-0.39, 0.29) is 12.3 Å². The molecule has 1 heterocycles. The fraction of sp³-hybridized carbons (Fsp3) is 0.150. The second-order valence-corrected chi connectivity index (χ2v) is 5.58. The zero-order valence-corrected chi connectivity index (χ0v) is 14.4. The van der Waals surface area contributed by atoms with Gasteiger partial charge in [0.2, 0.25) is 5.90 Å². The molecule has 0 fully saturated rings. The van der Waals surface area contributed by atoms with Crippen LogP contribution < -0.4 is 4.74 Å². The van der Waals surface area contributed by atoms with E-state index in [9.17, 15) is 9.59 Å². The molecule has 6 nitrogen and oxygen atoms in total. The monoisotopic (exact) mass is 351 g/mol. The van der Waals surface area contributed by atoms with E-state index in [1.165, 1.54) is 7.11 Å². The van der Waals surface area contributed by atoms with Crippen molar-refractivity contribution in [3.63, 3.8) is 0 Å². The number of carbonyl (C=O) groups is 2. The van der Waals surface area contributed by atoms with E-state index in [1.54, 1.807) is 30.3 Å². The number of rotatable bonds is 5. The average Bonchev–Trinajstić information content (AvgIpc) is 3.01. The quantitative estimate of drug-likeness (QED) is 0.612. The van der Waals surface area contributed by atoms with Gasteiger partial charge in [-0.1, -0.05) is 30.3 Å². The van der Waals surface area contributed by atoms with Crippen molar-refractivity contribution in [3.8, 4) is 5.75 Å². The minimum atomic E-state index is -0.491. The van der Waals surface area contributed by atoms with Gasteiger partial charge in [0, 0.05) is 5.56 Å². The Labute approximate surface area is 150 Å². The Hall–Kier alpha value is -3.41. The number of cyclic esters (lactones) is 1. The van der Waals surface area contributed by atoms with Crippen LogP contribution in [0.15, 0.2) is 59.2 Å². The molecule has 0 radical (unpaired) electrons. The third-order valence-corrected chi connectivity index (χ3v) is 3.76. The summed E-state index contributed by atoms with van der Waals surface area (Å²) in [5, 5.41) is 0. The van der Waals surface area contributed by atoms with Crippen molar-refractivity contribution in [3.05, 3.63) is 70.9 Å². The Kier molecular flexibility index (Phi) is 5.12. The molecule has 0 saturated carbocycles. The van der Waals surface area contributed by atoms with Crippen molar-refractivity contribution in [2.75, 3.05) is 13.7 Å². The predicted octanol–water partition coefficient (Wildman–Crippen LogP) is 2.89. The number of esters is 2. The molecule has 0 amide bonds. The van der Waals surface area contributed by atoms with Gasteiger partial charge in [0.1, 0.15) is 5.75 Å². The molecule has 2 aromatic rings. The largest absolute Gasteiger partial charge is 0.482 e. The summed E-state index contributed by atoms with van der Waals surface area (Å²) in [6, 6.07) is 14.5. The molecule has 6 heteroatoms. The Morgan fingerprint density at radius 3 is 2.58 bits per heavy atom. The highest BCUT2D eigenvalue weighted by Gasteiger charge is 2.24. The first-order chi connectivity index (χ1) is 12.6. The zero-order chi connectivity index (χ0) is 18.5. The third-order valence-electron chi connectivity index (χ3n) is 3.76. The third kappa shape index (κ3) is 3.97. The standard InChI is InChI=1S/C20H17NO5/c1-13-5-3-4-6-16(13)19-21-17(20(23)26-19)11-14-7-9-15(10-8-14)25-12-18(22)24-2/h3-11H,12H2,1-2H3/b17-11-. The molecule has 0 unspecified atom stereocenters. The summed E-state index contributed by atoms with van der Waals surface area (Å²) >= 11 is 0. The summed E-state index contributed by atoms with van der Waals surface area (Å²) < 4.78 is 15.1. The van der Waals surface area contributed by atoms with E-state index in [4.69, 9.17) is 9.47 Å². The SMILES string of the molecule is COC(=O)COc1ccc(/C=C2\N=C(c3ccccc3C)OC2=O)cc1. The first-order valence-corrected chi connectivity index (χ1v) is 7.95. The average molecular weight is 351 g/mol. The first kappa shape index (κ1) is 17.4. The fourth-order valence-corrected chi connectivity index (χ4v) is 2.36. The molecule has 0 atom stereocenters. The van der Waals surface area contributed by atoms with Crippen molar-refractivity contribution in [2.45, 2.75) is 6.92 Å². The minimum Gasteiger partial charge on any atom is -0.482 e. The van der Waals surface area contributed by atoms with Crippen LogP contribution in [0.1, 0.15) is 16.7 Å². The van der Waals surface area contributed by atoms with Crippen LogP contribution in [-0.4, -0.2) is 31.6 Å². The smallest absolute Gasteiger partial charge is 0.363 e. The first-order valence-electron chi connectivity index (χ1n) is 7.95. The summed E-state index contributed by atoms with van der Waals surface area (Å²) in [6.45, 7) is 1.77. The Morgan fingerprint density at radius 2 is 1.88 bits per heavy atom. The molecule has 26 heavy (non-hydrogen) atoms. The lowest BCUT2D eigenvalue weighted by atomic mass is 10.1. The molecular formula is C20H17NO5. The highest BCUT2D eigenvalue weighted by Crippen LogP contribution is 2.22. The van der Waals surface area contributed by atoms with E-state index in [0.29, 0.717) is 11.6 Å². The zero-order valence-electron chi connectivity index (χ0n) is 14.4. The lowest BCUT2D eigenvalue weighted by molar-refractivity contribution is -0.143. The normalized spacial score (nSPS) is 14.8. The van der Waals surface area contributed by atoms with Gasteiger partial charge in [0.15, 0.2) is 12.3 Å². The highest BCUT2D eigenvalue weighted by molar-refractivity contribution is 6.13. The highest BCUT2D eigenvalue weighted by atomic mass is 16.6. The van der Waals surface area contributed by atoms with Crippen LogP contribution in [0.4, 0.5) is 0 Å². The van der Waals surface area contributed by atoms with Crippen molar-refractivity contribution < 1.29 is 23.8 Å². The van der Waals surface area contributed by atoms with Gasteiger partial charge < -0.3 is 14.2 Å². The molecule has 0 aliphatic carbocycles. The predicted molar refractivity (Wildman–Crippen MR) is 95.7 cm³/mol. The molecule has 0 spiro atoms. The molecule has 0 aromatic heterocycles. The number of hydrogen-bond acceptors (Lipinski definition) is 6. The number of benzene rings is 2. The van der Waals surface area contributed by atoms with Crippen LogP contribution >= 0.6 is 0 Å². The van der Waals surface area contributed by atoms with Crippen LogP contribution in [0.25, 0.3) is 6.08 Å².